The molecule has 8 nitrogen and oxygen atoms in total. The van der Waals surface area contributed by atoms with Gasteiger partial charge in [0.05, 0.1) is 22.5 Å². The third-order valence-electron chi connectivity index (χ3n) is 3.91. The minimum atomic E-state index is -3.29. The van der Waals surface area contributed by atoms with Crippen molar-refractivity contribution in [3.05, 3.63) is 75.5 Å². The molecule has 0 aliphatic heterocycles. The molecule has 152 valence electrons. The Labute approximate surface area is 177 Å². The van der Waals surface area contributed by atoms with Crippen molar-refractivity contribution in [2.45, 2.75) is 13.1 Å². The van der Waals surface area contributed by atoms with Crippen molar-refractivity contribution >= 4 is 39.1 Å². The van der Waals surface area contributed by atoms with Crippen LogP contribution in [0.25, 0.3) is 5.69 Å². The topological polar surface area (TPSA) is 106 Å². The fraction of sp³-hybridized carbons (Fsp3) is 0.167. The third kappa shape index (κ3) is 5.54. The summed E-state index contributed by atoms with van der Waals surface area (Å²) in [7, 11) is -3.29. The molecule has 0 aliphatic rings. The summed E-state index contributed by atoms with van der Waals surface area (Å²) in [6, 6.07) is 12.2. The van der Waals surface area contributed by atoms with Gasteiger partial charge in [0.1, 0.15) is 5.69 Å². The number of sulfonamides is 1. The largest absolute Gasteiger partial charge is 0.347 e. The molecule has 1 amide bonds. The number of hydrogen-bond donors (Lipinski definition) is 2. The Morgan fingerprint density at radius 2 is 1.69 bits per heavy atom. The summed E-state index contributed by atoms with van der Waals surface area (Å²) in [6.07, 6.45) is 2.42. The standard InChI is InChI=1S/C18H17Cl2N5O3S/c1-29(27,28)23-10-13-5-2-4-12(8-13)9-21-18(26)16-11-22-24-25(16)17-14(19)6-3-7-15(17)20/h2-8,11,23H,9-10H2,1H3,(H,21,26). The van der Waals surface area contributed by atoms with Gasteiger partial charge in [0.2, 0.25) is 10.0 Å². The van der Waals surface area contributed by atoms with Gasteiger partial charge in [0.15, 0.2) is 5.69 Å². The highest BCUT2D eigenvalue weighted by molar-refractivity contribution is 7.88. The van der Waals surface area contributed by atoms with Gasteiger partial charge < -0.3 is 5.32 Å². The van der Waals surface area contributed by atoms with Gasteiger partial charge in [-0.25, -0.2) is 17.8 Å². The Bertz CT molecular complexity index is 1130. The third-order valence-corrected chi connectivity index (χ3v) is 5.19. The number of para-hydroxylation sites is 1. The lowest BCUT2D eigenvalue weighted by atomic mass is 10.1. The van der Waals surface area contributed by atoms with Crippen molar-refractivity contribution < 1.29 is 13.2 Å². The summed E-state index contributed by atoms with van der Waals surface area (Å²) in [5.41, 5.74) is 2.12. The maximum absolute atomic E-state index is 12.6. The van der Waals surface area contributed by atoms with Crippen LogP contribution >= 0.6 is 23.2 Å². The summed E-state index contributed by atoms with van der Waals surface area (Å²) >= 11 is 12.4. The summed E-state index contributed by atoms with van der Waals surface area (Å²) in [5, 5.41) is 11.2. The van der Waals surface area contributed by atoms with Crippen molar-refractivity contribution in [2.75, 3.05) is 6.26 Å². The lowest BCUT2D eigenvalue weighted by Gasteiger charge is -2.11. The Morgan fingerprint density at radius 1 is 1.07 bits per heavy atom. The van der Waals surface area contributed by atoms with E-state index in [2.05, 4.69) is 20.4 Å². The minimum Gasteiger partial charge on any atom is -0.347 e. The predicted octanol–water partition coefficient (Wildman–Crippen LogP) is 2.55. The average molecular weight is 454 g/mol. The maximum atomic E-state index is 12.6. The molecule has 11 heteroatoms. The minimum absolute atomic E-state index is 0.169. The van der Waals surface area contributed by atoms with Crippen molar-refractivity contribution in [1.82, 2.24) is 25.0 Å². The first-order valence-electron chi connectivity index (χ1n) is 8.40. The zero-order chi connectivity index (χ0) is 21.0. The fourth-order valence-corrected chi connectivity index (χ4v) is 3.57. The average Bonchev–Trinajstić information content (AvgIpc) is 3.13. The van der Waals surface area contributed by atoms with E-state index < -0.39 is 15.9 Å². The highest BCUT2D eigenvalue weighted by Gasteiger charge is 2.18. The van der Waals surface area contributed by atoms with E-state index in [1.807, 2.05) is 6.07 Å². The van der Waals surface area contributed by atoms with E-state index in [-0.39, 0.29) is 18.8 Å². The monoisotopic (exact) mass is 453 g/mol. The van der Waals surface area contributed by atoms with Crippen LogP contribution in [-0.4, -0.2) is 35.6 Å². The number of nitrogens with one attached hydrogen (secondary N) is 2. The van der Waals surface area contributed by atoms with Crippen LogP contribution in [0.1, 0.15) is 21.6 Å². The zero-order valence-electron chi connectivity index (χ0n) is 15.3. The zero-order valence-corrected chi connectivity index (χ0v) is 17.6. The first-order valence-corrected chi connectivity index (χ1v) is 11.0. The maximum Gasteiger partial charge on any atom is 0.271 e. The molecule has 2 aromatic carbocycles. The van der Waals surface area contributed by atoms with E-state index in [1.54, 1.807) is 36.4 Å². The predicted molar refractivity (Wildman–Crippen MR) is 111 cm³/mol. The van der Waals surface area contributed by atoms with Crippen LogP contribution in [0.2, 0.25) is 10.0 Å². The van der Waals surface area contributed by atoms with Crippen LogP contribution in [0.15, 0.2) is 48.7 Å². The molecule has 0 spiro atoms. The number of hydrogen-bond acceptors (Lipinski definition) is 5. The molecular weight excluding hydrogens is 437 g/mol. The number of nitrogens with zero attached hydrogens (tertiary/aromatic N) is 3. The highest BCUT2D eigenvalue weighted by atomic mass is 35.5. The number of benzene rings is 2. The van der Waals surface area contributed by atoms with Gasteiger partial charge in [-0.05, 0) is 23.3 Å². The Morgan fingerprint density at radius 3 is 2.34 bits per heavy atom. The Balaban J connectivity index is 1.72. The lowest BCUT2D eigenvalue weighted by Crippen LogP contribution is -2.26. The van der Waals surface area contributed by atoms with Crippen LogP contribution in [-0.2, 0) is 23.1 Å². The first-order chi connectivity index (χ1) is 13.7. The molecule has 0 bridgehead atoms. The molecule has 0 atom stereocenters. The van der Waals surface area contributed by atoms with Crippen LogP contribution in [0.4, 0.5) is 0 Å². The molecule has 3 rings (SSSR count). The van der Waals surface area contributed by atoms with E-state index in [0.29, 0.717) is 15.7 Å². The molecule has 29 heavy (non-hydrogen) atoms. The Kier molecular flexibility index (Phi) is 6.53. The van der Waals surface area contributed by atoms with Gasteiger partial charge >= 0.3 is 0 Å². The molecule has 0 aliphatic carbocycles. The molecular formula is C18H17Cl2N5O3S. The normalized spacial score (nSPS) is 11.4. The van der Waals surface area contributed by atoms with E-state index in [4.69, 9.17) is 23.2 Å². The number of amides is 1. The van der Waals surface area contributed by atoms with E-state index in [1.165, 1.54) is 10.9 Å². The second-order valence-electron chi connectivity index (χ2n) is 6.20. The van der Waals surface area contributed by atoms with E-state index >= 15 is 0 Å². The molecule has 1 aromatic heterocycles. The molecule has 3 aromatic rings. The van der Waals surface area contributed by atoms with Gasteiger partial charge in [-0.15, -0.1) is 5.10 Å². The first kappa shape index (κ1) is 21.3. The van der Waals surface area contributed by atoms with Crippen molar-refractivity contribution in [2.24, 2.45) is 0 Å². The SMILES string of the molecule is CS(=O)(=O)NCc1cccc(CNC(=O)c2cnnn2-c2c(Cl)cccc2Cl)c1. The molecule has 0 fully saturated rings. The van der Waals surface area contributed by atoms with Crippen LogP contribution in [0.5, 0.6) is 0 Å². The number of carbonyl (C=O) groups is 1. The summed E-state index contributed by atoms with van der Waals surface area (Å²) in [4.78, 5) is 12.6. The van der Waals surface area contributed by atoms with Gasteiger partial charge in [0, 0.05) is 13.1 Å². The number of aromatic nitrogens is 3. The van der Waals surface area contributed by atoms with Crippen LogP contribution < -0.4 is 10.0 Å². The van der Waals surface area contributed by atoms with Crippen LogP contribution in [0, 0.1) is 0 Å². The number of rotatable bonds is 7. The Hall–Kier alpha value is -2.46. The second-order valence-corrected chi connectivity index (χ2v) is 8.84. The smallest absolute Gasteiger partial charge is 0.271 e. The lowest BCUT2D eigenvalue weighted by molar-refractivity contribution is 0.0943. The van der Waals surface area contributed by atoms with Crippen molar-refractivity contribution in [3.63, 3.8) is 0 Å². The summed E-state index contributed by atoms with van der Waals surface area (Å²) in [5.74, 6) is -0.411. The van der Waals surface area contributed by atoms with Crippen LogP contribution in [0.3, 0.4) is 0 Å². The molecule has 0 saturated heterocycles. The molecule has 0 saturated carbocycles. The van der Waals surface area contributed by atoms with Gasteiger partial charge in [0.25, 0.3) is 5.91 Å². The molecule has 0 unspecified atom stereocenters. The van der Waals surface area contributed by atoms with E-state index in [9.17, 15) is 13.2 Å². The van der Waals surface area contributed by atoms with E-state index in [0.717, 1.165) is 17.4 Å². The number of carbonyl (C=O) groups excluding carboxylic acids is 1. The summed E-state index contributed by atoms with van der Waals surface area (Å²) in [6.45, 7) is 0.398. The fourth-order valence-electron chi connectivity index (χ4n) is 2.58. The molecule has 1 heterocycles. The number of halogens is 2. The van der Waals surface area contributed by atoms with Crippen molar-refractivity contribution in [1.29, 1.82) is 0 Å². The van der Waals surface area contributed by atoms with Crippen molar-refractivity contribution in [3.8, 4) is 5.69 Å². The van der Waals surface area contributed by atoms with Gasteiger partial charge in [-0.3, -0.25) is 4.79 Å². The van der Waals surface area contributed by atoms with Gasteiger partial charge in [-0.1, -0.05) is 58.7 Å². The summed E-state index contributed by atoms with van der Waals surface area (Å²) < 4.78 is 26.2. The van der Waals surface area contributed by atoms with Gasteiger partial charge in [-0.2, -0.15) is 0 Å². The quantitative estimate of drug-likeness (QED) is 0.571. The second kappa shape index (κ2) is 8.91. The molecule has 0 radical (unpaired) electrons. The highest BCUT2D eigenvalue weighted by Crippen LogP contribution is 2.28. The molecule has 2 N–H and O–H groups in total.